The second-order valence-corrected chi connectivity index (χ2v) is 5.92. The summed E-state index contributed by atoms with van der Waals surface area (Å²) in [7, 11) is 1.57. The fourth-order valence-electron chi connectivity index (χ4n) is 2.92. The Morgan fingerprint density at radius 2 is 1.73 bits per heavy atom. The molecule has 1 amide bonds. The zero-order valence-corrected chi connectivity index (χ0v) is 13.8. The average Bonchev–Trinajstić information content (AvgIpc) is 2.45. The van der Waals surface area contributed by atoms with Gasteiger partial charge in [-0.2, -0.15) is 0 Å². The molecule has 1 N–H and O–H groups in total. The van der Waals surface area contributed by atoms with Crippen molar-refractivity contribution >= 4 is 16.7 Å². The van der Waals surface area contributed by atoms with Gasteiger partial charge in [0.2, 0.25) is 0 Å². The van der Waals surface area contributed by atoms with E-state index in [-0.39, 0.29) is 23.7 Å². The first kappa shape index (κ1) is 16.1. The molecule has 0 atom stereocenters. The number of phenolic OH excluding ortho intramolecular Hbond substituents is 1. The van der Waals surface area contributed by atoms with Crippen molar-refractivity contribution in [1.82, 2.24) is 4.90 Å². The van der Waals surface area contributed by atoms with Gasteiger partial charge < -0.3 is 14.7 Å². The van der Waals surface area contributed by atoms with E-state index in [4.69, 9.17) is 4.74 Å². The summed E-state index contributed by atoms with van der Waals surface area (Å²) in [5.74, 6) is 0.384. The number of ether oxygens (including phenoxy) is 1. The normalized spacial score (nSPS) is 11.2. The van der Waals surface area contributed by atoms with Gasteiger partial charge in [0.25, 0.3) is 5.91 Å². The lowest BCUT2D eigenvalue weighted by Crippen LogP contribution is -2.42. The standard InChI is InChI=1S/C18H23NO3/c1-11(2)19(12(3)4)18(21)17-14(20)10-9-13-7-6-8-15(22-5)16(13)17/h6-12,20H,1-5H3. The van der Waals surface area contributed by atoms with Crippen molar-refractivity contribution in [1.29, 1.82) is 0 Å². The first-order valence-corrected chi connectivity index (χ1v) is 7.49. The third kappa shape index (κ3) is 2.73. The van der Waals surface area contributed by atoms with Crippen LogP contribution in [0.5, 0.6) is 11.5 Å². The lowest BCUT2D eigenvalue weighted by Gasteiger charge is -2.31. The van der Waals surface area contributed by atoms with Crippen LogP contribution in [0.1, 0.15) is 38.1 Å². The molecule has 0 radical (unpaired) electrons. The maximum absolute atomic E-state index is 13.0. The number of carbonyl (C=O) groups is 1. The summed E-state index contributed by atoms with van der Waals surface area (Å²) < 4.78 is 5.39. The minimum Gasteiger partial charge on any atom is -0.507 e. The number of fused-ring (bicyclic) bond motifs is 1. The van der Waals surface area contributed by atoms with E-state index < -0.39 is 0 Å². The molecule has 22 heavy (non-hydrogen) atoms. The van der Waals surface area contributed by atoms with Crippen LogP contribution in [0.25, 0.3) is 10.8 Å². The average molecular weight is 301 g/mol. The second kappa shape index (κ2) is 6.26. The molecule has 2 aromatic rings. The Balaban J connectivity index is 2.73. The molecule has 4 heteroatoms. The van der Waals surface area contributed by atoms with Gasteiger partial charge in [0.05, 0.1) is 12.7 Å². The third-order valence-corrected chi connectivity index (χ3v) is 3.77. The van der Waals surface area contributed by atoms with Crippen molar-refractivity contribution in [3.63, 3.8) is 0 Å². The van der Waals surface area contributed by atoms with Crippen molar-refractivity contribution in [2.45, 2.75) is 39.8 Å². The predicted molar refractivity (Wildman–Crippen MR) is 88.6 cm³/mol. The van der Waals surface area contributed by atoms with E-state index in [1.807, 2.05) is 39.8 Å². The highest BCUT2D eigenvalue weighted by atomic mass is 16.5. The van der Waals surface area contributed by atoms with Crippen LogP contribution < -0.4 is 4.74 Å². The SMILES string of the molecule is COc1cccc2ccc(O)c(C(=O)N(C(C)C)C(C)C)c12. The minimum atomic E-state index is -0.183. The molecular weight excluding hydrogens is 278 g/mol. The number of aromatic hydroxyl groups is 1. The Morgan fingerprint density at radius 1 is 1.09 bits per heavy atom. The van der Waals surface area contributed by atoms with Gasteiger partial charge in [0.1, 0.15) is 11.5 Å². The smallest absolute Gasteiger partial charge is 0.258 e. The van der Waals surface area contributed by atoms with Gasteiger partial charge in [-0.3, -0.25) is 4.79 Å². The van der Waals surface area contributed by atoms with E-state index in [1.165, 1.54) is 0 Å². The quantitative estimate of drug-likeness (QED) is 0.934. The van der Waals surface area contributed by atoms with Gasteiger partial charge >= 0.3 is 0 Å². The number of amides is 1. The molecule has 118 valence electrons. The van der Waals surface area contributed by atoms with E-state index in [0.29, 0.717) is 16.7 Å². The van der Waals surface area contributed by atoms with Crippen molar-refractivity contribution in [3.05, 3.63) is 35.9 Å². The maximum Gasteiger partial charge on any atom is 0.258 e. The van der Waals surface area contributed by atoms with Crippen molar-refractivity contribution < 1.29 is 14.6 Å². The van der Waals surface area contributed by atoms with Gasteiger partial charge in [-0.1, -0.05) is 18.2 Å². The number of phenols is 1. The molecule has 0 aliphatic rings. The highest BCUT2D eigenvalue weighted by molar-refractivity contribution is 6.11. The van der Waals surface area contributed by atoms with Crippen LogP contribution >= 0.6 is 0 Å². The lowest BCUT2D eigenvalue weighted by atomic mass is 10.00. The largest absolute Gasteiger partial charge is 0.507 e. The summed E-state index contributed by atoms with van der Waals surface area (Å²) in [4.78, 5) is 14.8. The van der Waals surface area contributed by atoms with Gasteiger partial charge in [-0.25, -0.2) is 0 Å². The molecule has 2 aromatic carbocycles. The number of benzene rings is 2. The highest BCUT2D eigenvalue weighted by Gasteiger charge is 2.27. The minimum absolute atomic E-state index is 0.0201. The highest BCUT2D eigenvalue weighted by Crippen LogP contribution is 2.35. The van der Waals surface area contributed by atoms with Crippen LogP contribution in [-0.2, 0) is 0 Å². The molecule has 0 saturated heterocycles. The number of carbonyl (C=O) groups excluding carboxylic acids is 1. The Morgan fingerprint density at radius 3 is 2.27 bits per heavy atom. The van der Waals surface area contributed by atoms with Crippen LogP contribution in [0, 0.1) is 0 Å². The van der Waals surface area contributed by atoms with Crippen LogP contribution in [0.3, 0.4) is 0 Å². The first-order chi connectivity index (χ1) is 10.4. The summed E-state index contributed by atoms with van der Waals surface area (Å²) in [6.45, 7) is 7.88. The Kier molecular flexibility index (Phi) is 4.59. The molecule has 0 aliphatic carbocycles. The van der Waals surface area contributed by atoms with Crippen LogP contribution in [0.15, 0.2) is 30.3 Å². The molecule has 0 aromatic heterocycles. The summed E-state index contributed by atoms with van der Waals surface area (Å²) in [5.41, 5.74) is 0.303. The molecule has 2 rings (SSSR count). The van der Waals surface area contributed by atoms with Gasteiger partial charge in [-0.15, -0.1) is 0 Å². The van der Waals surface area contributed by atoms with Crippen LogP contribution in [-0.4, -0.2) is 35.1 Å². The van der Waals surface area contributed by atoms with E-state index in [1.54, 1.807) is 30.2 Å². The Bertz CT molecular complexity index is 684. The lowest BCUT2D eigenvalue weighted by molar-refractivity contribution is 0.0642. The summed E-state index contributed by atoms with van der Waals surface area (Å²) >= 11 is 0. The monoisotopic (exact) mass is 301 g/mol. The van der Waals surface area contributed by atoms with E-state index in [9.17, 15) is 9.90 Å². The van der Waals surface area contributed by atoms with Crippen LogP contribution in [0.2, 0.25) is 0 Å². The third-order valence-electron chi connectivity index (χ3n) is 3.77. The fourth-order valence-corrected chi connectivity index (χ4v) is 2.92. The molecular formula is C18H23NO3. The Hall–Kier alpha value is -2.23. The fraction of sp³-hybridized carbons (Fsp3) is 0.389. The summed E-state index contributed by atoms with van der Waals surface area (Å²) in [5, 5.41) is 11.8. The molecule has 0 saturated carbocycles. The number of hydrogen-bond donors (Lipinski definition) is 1. The molecule has 0 bridgehead atoms. The van der Waals surface area contributed by atoms with Gasteiger partial charge in [-0.05, 0) is 45.2 Å². The first-order valence-electron chi connectivity index (χ1n) is 7.49. The predicted octanol–water partition coefficient (Wildman–Crippen LogP) is 3.81. The van der Waals surface area contributed by atoms with Crippen LogP contribution in [0.4, 0.5) is 0 Å². The topological polar surface area (TPSA) is 49.8 Å². The molecule has 0 aliphatic heterocycles. The molecule has 0 unspecified atom stereocenters. The van der Waals surface area contributed by atoms with Crippen molar-refractivity contribution in [3.8, 4) is 11.5 Å². The number of nitrogens with zero attached hydrogens (tertiary/aromatic N) is 1. The maximum atomic E-state index is 13.0. The zero-order valence-electron chi connectivity index (χ0n) is 13.8. The molecule has 0 heterocycles. The van der Waals surface area contributed by atoms with Crippen molar-refractivity contribution in [2.24, 2.45) is 0 Å². The van der Waals surface area contributed by atoms with E-state index in [0.717, 1.165) is 5.39 Å². The summed E-state index contributed by atoms with van der Waals surface area (Å²) in [6, 6.07) is 9.01. The molecule has 0 spiro atoms. The number of rotatable bonds is 4. The van der Waals surface area contributed by atoms with Crippen molar-refractivity contribution in [2.75, 3.05) is 7.11 Å². The Labute approximate surface area is 131 Å². The zero-order chi connectivity index (χ0) is 16.4. The summed E-state index contributed by atoms with van der Waals surface area (Å²) in [6.07, 6.45) is 0. The number of hydrogen-bond acceptors (Lipinski definition) is 3. The number of methoxy groups -OCH3 is 1. The van der Waals surface area contributed by atoms with E-state index >= 15 is 0 Å². The second-order valence-electron chi connectivity index (χ2n) is 5.92. The van der Waals surface area contributed by atoms with Gasteiger partial charge in [0, 0.05) is 17.5 Å². The van der Waals surface area contributed by atoms with E-state index in [2.05, 4.69) is 0 Å². The molecule has 4 nitrogen and oxygen atoms in total. The van der Waals surface area contributed by atoms with Gasteiger partial charge in [0.15, 0.2) is 0 Å². The molecule has 0 fully saturated rings.